The lowest BCUT2D eigenvalue weighted by Gasteiger charge is -2.20. The number of aliphatic hydroxyl groups excluding tert-OH is 2. The van der Waals surface area contributed by atoms with Crippen molar-refractivity contribution in [2.24, 2.45) is 0 Å². The summed E-state index contributed by atoms with van der Waals surface area (Å²) < 4.78 is 1.92. The van der Waals surface area contributed by atoms with Crippen LogP contribution in [0.5, 0.6) is 0 Å². The van der Waals surface area contributed by atoms with Crippen LogP contribution in [0.15, 0.2) is 30.5 Å². The molecule has 0 unspecified atom stereocenters. The molecule has 0 fully saturated rings. The molecule has 6 nitrogen and oxygen atoms in total. The van der Waals surface area contributed by atoms with E-state index in [1.165, 1.54) is 4.90 Å². The maximum Gasteiger partial charge on any atom is 0.255 e. The van der Waals surface area contributed by atoms with Crippen LogP contribution in [0.1, 0.15) is 21.7 Å². The van der Waals surface area contributed by atoms with E-state index in [9.17, 15) is 4.79 Å². The van der Waals surface area contributed by atoms with Crippen molar-refractivity contribution in [3.63, 3.8) is 0 Å². The zero-order valence-electron chi connectivity index (χ0n) is 12.9. The summed E-state index contributed by atoms with van der Waals surface area (Å²) in [5, 5.41) is 18.2. The predicted octanol–water partition coefficient (Wildman–Crippen LogP) is 0.916. The van der Waals surface area contributed by atoms with Crippen molar-refractivity contribution >= 4 is 5.91 Å². The molecule has 0 saturated carbocycles. The van der Waals surface area contributed by atoms with Crippen LogP contribution in [-0.2, 0) is 0 Å². The van der Waals surface area contributed by atoms with Crippen molar-refractivity contribution in [2.45, 2.75) is 13.8 Å². The highest BCUT2D eigenvalue weighted by Crippen LogP contribution is 2.20. The van der Waals surface area contributed by atoms with Crippen LogP contribution in [0.25, 0.3) is 5.82 Å². The first kappa shape index (κ1) is 16.2. The van der Waals surface area contributed by atoms with Gasteiger partial charge in [-0.2, -0.15) is 0 Å². The van der Waals surface area contributed by atoms with E-state index < -0.39 is 0 Å². The van der Waals surface area contributed by atoms with E-state index in [2.05, 4.69) is 4.98 Å². The van der Waals surface area contributed by atoms with Gasteiger partial charge in [0.05, 0.1) is 18.8 Å². The van der Waals surface area contributed by atoms with E-state index >= 15 is 0 Å². The Bertz CT molecular complexity index is 632. The van der Waals surface area contributed by atoms with Crippen molar-refractivity contribution < 1.29 is 15.0 Å². The minimum absolute atomic E-state index is 0.134. The Hall–Kier alpha value is -2.18. The first-order valence-corrected chi connectivity index (χ1v) is 7.21. The molecule has 0 aliphatic heterocycles. The molecular weight excluding hydrogens is 282 g/mol. The zero-order chi connectivity index (χ0) is 16.1. The minimum Gasteiger partial charge on any atom is -0.395 e. The SMILES string of the molecule is Cc1cc(C(=O)N(CCO)CCO)c(C)n1-c1ccccn1. The van der Waals surface area contributed by atoms with E-state index in [0.717, 1.165) is 17.2 Å². The van der Waals surface area contributed by atoms with E-state index in [4.69, 9.17) is 10.2 Å². The third kappa shape index (κ3) is 3.18. The Morgan fingerprint density at radius 2 is 1.91 bits per heavy atom. The van der Waals surface area contributed by atoms with Crippen LogP contribution in [-0.4, -0.2) is 56.9 Å². The van der Waals surface area contributed by atoms with Gasteiger partial charge in [0.1, 0.15) is 5.82 Å². The van der Waals surface area contributed by atoms with Gasteiger partial charge in [0.2, 0.25) is 0 Å². The van der Waals surface area contributed by atoms with Gasteiger partial charge in [-0.3, -0.25) is 4.79 Å². The quantitative estimate of drug-likeness (QED) is 0.831. The van der Waals surface area contributed by atoms with Gasteiger partial charge < -0.3 is 19.7 Å². The topological polar surface area (TPSA) is 78.6 Å². The van der Waals surface area contributed by atoms with Gasteiger partial charge in [0, 0.05) is 30.7 Å². The second kappa shape index (κ2) is 7.20. The highest BCUT2D eigenvalue weighted by Gasteiger charge is 2.21. The summed E-state index contributed by atoms with van der Waals surface area (Å²) in [5.74, 6) is 0.561. The smallest absolute Gasteiger partial charge is 0.255 e. The van der Waals surface area contributed by atoms with E-state index in [1.54, 1.807) is 6.20 Å². The van der Waals surface area contributed by atoms with Gasteiger partial charge in [-0.05, 0) is 32.0 Å². The fourth-order valence-corrected chi connectivity index (χ4v) is 2.54. The number of aliphatic hydroxyl groups is 2. The van der Waals surface area contributed by atoms with Crippen LogP contribution in [0.4, 0.5) is 0 Å². The van der Waals surface area contributed by atoms with Crippen molar-refractivity contribution in [1.29, 1.82) is 0 Å². The molecule has 0 atom stereocenters. The Labute approximate surface area is 129 Å². The molecule has 2 heterocycles. The van der Waals surface area contributed by atoms with Crippen molar-refractivity contribution in [3.8, 4) is 5.82 Å². The maximum absolute atomic E-state index is 12.6. The zero-order valence-corrected chi connectivity index (χ0v) is 12.9. The first-order chi connectivity index (χ1) is 10.6. The standard InChI is InChI=1S/C16H21N3O3/c1-12-11-14(16(22)18(7-9-20)8-10-21)13(2)19(12)15-5-3-4-6-17-15/h3-6,11,20-21H,7-10H2,1-2H3. The molecule has 0 aliphatic carbocycles. The molecule has 118 valence electrons. The molecule has 0 aliphatic rings. The number of amides is 1. The normalized spacial score (nSPS) is 10.7. The lowest BCUT2D eigenvalue weighted by molar-refractivity contribution is 0.0684. The number of pyridine rings is 1. The lowest BCUT2D eigenvalue weighted by atomic mass is 10.2. The lowest BCUT2D eigenvalue weighted by Crippen LogP contribution is -2.36. The number of hydrogen-bond acceptors (Lipinski definition) is 4. The molecule has 2 rings (SSSR count). The number of nitrogens with zero attached hydrogens (tertiary/aromatic N) is 3. The van der Waals surface area contributed by atoms with Crippen molar-refractivity contribution in [1.82, 2.24) is 14.5 Å². The molecule has 0 spiro atoms. The van der Waals surface area contributed by atoms with Gasteiger partial charge in [-0.15, -0.1) is 0 Å². The predicted molar refractivity (Wildman–Crippen MR) is 83.1 cm³/mol. The molecule has 22 heavy (non-hydrogen) atoms. The minimum atomic E-state index is -0.196. The van der Waals surface area contributed by atoms with Gasteiger partial charge in [-0.25, -0.2) is 4.98 Å². The first-order valence-electron chi connectivity index (χ1n) is 7.21. The average molecular weight is 303 g/mol. The Balaban J connectivity index is 2.39. The monoisotopic (exact) mass is 303 g/mol. The van der Waals surface area contributed by atoms with Crippen molar-refractivity contribution in [3.05, 3.63) is 47.4 Å². The molecule has 0 saturated heterocycles. The third-order valence-electron chi connectivity index (χ3n) is 3.57. The number of rotatable bonds is 6. The third-order valence-corrected chi connectivity index (χ3v) is 3.57. The van der Waals surface area contributed by atoms with E-state index in [-0.39, 0.29) is 32.2 Å². The maximum atomic E-state index is 12.6. The molecule has 2 N–H and O–H groups in total. The molecule has 0 radical (unpaired) electrons. The van der Waals surface area contributed by atoms with Gasteiger partial charge >= 0.3 is 0 Å². The Morgan fingerprint density at radius 1 is 1.23 bits per heavy atom. The summed E-state index contributed by atoms with van der Waals surface area (Å²) in [7, 11) is 0. The number of hydrogen-bond donors (Lipinski definition) is 2. The second-order valence-electron chi connectivity index (χ2n) is 5.05. The highest BCUT2D eigenvalue weighted by molar-refractivity contribution is 5.96. The molecule has 2 aromatic rings. The summed E-state index contributed by atoms with van der Waals surface area (Å²) >= 11 is 0. The summed E-state index contributed by atoms with van der Waals surface area (Å²) in [6, 6.07) is 7.43. The van der Waals surface area contributed by atoms with E-state index in [1.807, 2.05) is 42.7 Å². The van der Waals surface area contributed by atoms with Crippen LogP contribution in [0, 0.1) is 13.8 Å². The van der Waals surface area contributed by atoms with Crippen LogP contribution >= 0.6 is 0 Å². The van der Waals surface area contributed by atoms with Gasteiger partial charge in [0.15, 0.2) is 0 Å². The number of carbonyl (C=O) groups excluding carboxylic acids is 1. The van der Waals surface area contributed by atoms with Crippen molar-refractivity contribution in [2.75, 3.05) is 26.3 Å². The summed E-state index contributed by atoms with van der Waals surface area (Å²) in [5.41, 5.74) is 2.26. The molecule has 2 aromatic heterocycles. The second-order valence-corrected chi connectivity index (χ2v) is 5.05. The summed E-state index contributed by atoms with van der Waals surface area (Å²) in [6.07, 6.45) is 1.71. The molecule has 1 amide bonds. The molecule has 0 aromatic carbocycles. The Kier molecular flexibility index (Phi) is 5.30. The van der Waals surface area contributed by atoms with Crippen LogP contribution in [0.3, 0.4) is 0 Å². The van der Waals surface area contributed by atoms with E-state index in [0.29, 0.717) is 5.56 Å². The molecule has 6 heteroatoms. The number of aryl methyl sites for hydroxylation is 1. The van der Waals surface area contributed by atoms with Gasteiger partial charge in [0.25, 0.3) is 5.91 Å². The fourth-order valence-electron chi connectivity index (χ4n) is 2.54. The van der Waals surface area contributed by atoms with Crippen LogP contribution < -0.4 is 0 Å². The average Bonchev–Trinajstić information content (AvgIpc) is 2.82. The number of aromatic nitrogens is 2. The summed E-state index contributed by atoms with van der Waals surface area (Å²) in [6.45, 7) is 3.92. The summed E-state index contributed by atoms with van der Waals surface area (Å²) in [4.78, 5) is 18.4. The number of carbonyl (C=O) groups is 1. The largest absolute Gasteiger partial charge is 0.395 e. The highest BCUT2D eigenvalue weighted by atomic mass is 16.3. The molecular formula is C16H21N3O3. The fraction of sp³-hybridized carbons (Fsp3) is 0.375. The van der Waals surface area contributed by atoms with Crippen LogP contribution in [0.2, 0.25) is 0 Å². The Morgan fingerprint density at radius 3 is 2.45 bits per heavy atom. The molecule has 0 bridgehead atoms. The van der Waals surface area contributed by atoms with Gasteiger partial charge in [-0.1, -0.05) is 6.07 Å².